The first kappa shape index (κ1) is 26.8. The Labute approximate surface area is 231 Å². The van der Waals surface area contributed by atoms with Crippen LogP contribution in [0.4, 0.5) is 10.5 Å². The summed E-state index contributed by atoms with van der Waals surface area (Å²) in [6.07, 6.45) is 3.52. The number of barbiturate groups is 1. The summed E-state index contributed by atoms with van der Waals surface area (Å²) in [5, 5.41) is 11.7. The van der Waals surface area contributed by atoms with Gasteiger partial charge in [-0.15, -0.1) is 6.58 Å². The Balaban J connectivity index is 1.63. The molecule has 1 heterocycles. The van der Waals surface area contributed by atoms with E-state index in [-0.39, 0.29) is 23.4 Å². The van der Waals surface area contributed by atoms with E-state index in [1.807, 2.05) is 0 Å². The van der Waals surface area contributed by atoms with E-state index in [0.29, 0.717) is 27.2 Å². The monoisotopic (exact) mass is 594 g/mol. The van der Waals surface area contributed by atoms with Gasteiger partial charge in [-0.2, -0.15) is 0 Å². The highest BCUT2D eigenvalue weighted by Gasteiger charge is 2.36. The summed E-state index contributed by atoms with van der Waals surface area (Å²) in [4.78, 5) is 50.1. The van der Waals surface area contributed by atoms with Crippen molar-refractivity contribution >= 4 is 63.1 Å². The first-order valence-electron chi connectivity index (χ1n) is 11.2. The number of halogens is 2. The summed E-state index contributed by atoms with van der Waals surface area (Å²) < 4.78 is 6.59. The molecule has 1 saturated heterocycles. The molecule has 0 spiro atoms. The third kappa shape index (κ3) is 5.85. The SMILES string of the molecule is C=CCc1cc(/C=C2\C(=O)NC(=O)N(c3ccc(Cl)cc3)C2=O)cc(Br)c1OCc1ccc(C(=O)O)cc1. The number of ether oxygens (including phenoxy) is 1. The largest absolute Gasteiger partial charge is 0.487 e. The first-order valence-corrected chi connectivity index (χ1v) is 12.4. The van der Waals surface area contributed by atoms with E-state index < -0.39 is 23.8 Å². The molecule has 1 aliphatic rings. The number of carbonyl (C=O) groups is 4. The number of carbonyl (C=O) groups excluding carboxylic acids is 3. The van der Waals surface area contributed by atoms with Gasteiger partial charge in [0.25, 0.3) is 11.8 Å². The van der Waals surface area contributed by atoms with E-state index in [1.54, 1.807) is 30.3 Å². The number of carboxylic acid groups (broad SMARTS) is 1. The summed E-state index contributed by atoms with van der Waals surface area (Å²) in [5.41, 5.74) is 2.26. The standard InChI is InChI=1S/C28H20BrClN2O6/c1-2-3-19-12-17(14-23(29)24(19)38-15-16-4-6-18(7-5-16)27(35)36)13-22-25(33)31-28(37)32(26(22)34)21-10-8-20(30)9-11-21/h2,4-14H,1,3,15H2,(H,35,36)(H,31,33,37)/b22-13+. The van der Waals surface area contributed by atoms with E-state index in [9.17, 15) is 19.2 Å². The number of nitrogens with zero attached hydrogens (tertiary/aromatic N) is 1. The van der Waals surface area contributed by atoms with E-state index in [2.05, 4.69) is 27.8 Å². The molecule has 4 amide bonds. The number of allylic oxidation sites excluding steroid dienone is 1. The molecule has 4 rings (SSSR count). The van der Waals surface area contributed by atoms with Crippen LogP contribution in [0.2, 0.25) is 5.02 Å². The Morgan fingerprint density at radius 2 is 1.76 bits per heavy atom. The van der Waals surface area contributed by atoms with Crippen LogP contribution in [0, 0.1) is 0 Å². The topological polar surface area (TPSA) is 113 Å². The van der Waals surface area contributed by atoms with Crippen LogP contribution in [0.15, 0.2) is 83.4 Å². The number of urea groups is 1. The zero-order valence-electron chi connectivity index (χ0n) is 19.7. The lowest BCUT2D eigenvalue weighted by Crippen LogP contribution is -2.54. The Hall–Kier alpha value is -4.21. The zero-order valence-corrected chi connectivity index (χ0v) is 22.1. The van der Waals surface area contributed by atoms with Gasteiger partial charge in [-0.05, 0) is 93.6 Å². The molecule has 0 bridgehead atoms. The maximum absolute atomic E-state index is 13.2. The summed E-state index contributed by atoms with van der Waals surface area (Å²) in [6, 6.07) is 15.0. The molecule has 8 nitrogen and oxygen atoms in total. The number of benzene rings is 3. The number of imide groups is 2. The molecular formula is C28H20BrClN2O6. The highest BCUT2D eigenvalue weighted by molar-refractivity contribution is 9.10. The van der Waals surface area contributed by atoms with Crippen LogP contribution in [0.1, 0.15) is 27.0 Å². The Kier molecular flexibility index (Phi) is 8.09. The molecule has 38 heavy (non-hydrogen) atoms. The van der Waals surface area contributed by atoms with Gasteiger partial charge in [0.2, 0.25) is 0 Å². The van der Waals surface area contributed by atoms with Crippen molar-refractivity contribution in [1.29, 1.82) is 0 Å². The quantitative estimate of drug-likeness (QED) is 0.194. The first-order chi connectivity index (χ1) is 18.2. The second-order valence-electron chi connectivity index (χ2n) is 8.21. The number of carboxylic acids is 1. The summed E-state index contributed by atoms with van der Waals surface area (Å²) in [6.45, 7) is 3.97. The molecule has 1 aliphatic heterocycles. The molecule has 192 valence electrons. The third-order valence-electron chi connectivity index (χ3n) is 5.59. The normalized spacial score (nSPS) is 14.4. The Morgan fingerprint density at radius 3 is 2.39 bits per heavy atom. The van der Waals surface area contributed by atoms with Crippen LogP contribution >= 0.6 is 27.5 Å². The molecule has 3 aromatic carbocycles. The van der Waals surface area contributed by atoms with Gasteiger partial charge in [-0.3, -0.25) is 14.9 Å². The van der Waals surface area contributed by atoms with Crippen molar-refractivity contribution in [1.82, 2.24) is 5.32 Å². The van der Waals surface area contributed by atoms with Gasteiger partial charge in [-0.25, -0.2) is 14.5 Å². The van der Waals surface area contributed by atoms with Crippen molar-refractivity contribution in [3.05, 3.63) is 111 Å². The molecule has 2 N–H and O–H groups in total. The molecule has 0 aliphatic carbocycles. The van der Waals surface area contributed by atoms with E-state index in [1.165, 1.54) is 42.5 Å². The highest BCUT2D eigenvalue weighted by atomic mass is 79.9. The molecule has 10 heteroatoms. The molecule has 0 saturated carbocycles. The minimum atomic E-state index is -1.01. The molecule has 0 radical (unpaired) electrons. The van der Waals surface area contributed by atoms with E-state index in [0.717, 1.165) is 16.0 Å². The lowest BCUT2D eigenvalue weighted by Gasteiger charge is -2.26. The van der Waals surface area contributed by atoms with E-state index >= 15 is 0 Å². The van der Waals surface area contributed by atoms with Crippen LogP contribution in [-0.2, 0) is 22.6 Å². The highest BCUT2D eigenvalue weighted by Crippen LogP contribution is 2.34. The van der Waals surface area contributed by atoms with Crippen molar-refractivity contribution in [3.8, 4) is 5.75 Å². The third-order valence-corrected chi connectivity index (χ3v) is 6.43. The van der Waals surface area contributed by atoms with Crippen LogP contribution in [0.3, 0.4) is 0 Å². The molecule has 3 aromatic rings. The van der Waals surface area contributed by atoms with Gasteiger partial charge in [0.15, 0.2) is 0 Å². The maximum Gasteiger partial charge on any atom is 0.335 e. The van der Waals surface area contributed by atoms with Crippen molar-refractivity contribution in [3.63, 3.8) is 0 Å². The summed E-state index contributed by atoms with van der Waals surface area (Å²) >= 11 is 9.42. The molecule has 0 aromatic heterocycles. The maximum atomic E-state index is 13.2. The van der Waals surface area contributed by atoms with Crippen LogP contribution in [0.25, 0.3) is 6.08 Å². The second-order valence-corrected chi connectivity index (χ2v) is 9.50. The van der Waals surface area contributed by atoms with Crippen molar-refractivity contribution in [2.24, 2.45) is 0 Å². The number of hydrogen-bond acceptors (Lipinski definition) is 5. The van der Waals surface area contributed by atoms with Gasteiger partial charge in [0.1, 0.15) is 17.9 Å². The number of amides is 4. The molecular weight excluding hydrogens is 576 g/mol. The number of rotatable bonds is 8. The minimum absolute atomic E-state index is 0.178. The molecule has 1 fully saturated rings. The predicted octanol–water partition coefficient (Wildman–Crippen LogP) is 5.77. The lowest BCUT2D eigenvalue weighted by atomic mass is 10.0. The van der Waals surface area contributed by atoms with Crippen molar-refractivity contribution in [2.75, 3.05) is 4.90 Å². The number of hydrogen-bond donors (Lipinski definition) is 2. The fourth-order valence-electron chi connectivity index (χ4n) is 3.77. The number of aromatic carboxylic acids is 1. The fraction of sp³-hybridized carbons (Fsp3) is 0.0714. The lowest BCUT2D eigenvalue weighted by molar-refractivity contribution is -0.122. The fourth-order valence-corrected chi connectivity index (χ4v) is 4.53. The number of nitrogens with one attached hydrogen (secondary N) is 1. The summed E-state index contributed by atoms with van der Waals surface area (Å²) in [5.74, 6) is -2.06. The zero-order chi connectivity index (χ0) is 27.4. The predicted molar refractivity (Wildman–Crippen MR) is 146 cm³/mol. The summed E-state index contributed by atoms with van der Waals surface area (Å²) in [7, 11) is 0. The van der Waals surface area contributed by atoms with Crippen molar-refractivity contribution in [2.45, 2.75) is 13.0 Å². The van der Waals surface area contributed by atoms with Crippen molar-refractivity contribution < 1.29 is 29.0 Å². The average Bonchev–Trinajstić information content (AvgIpc) is 2.87. The molecule has 0 unspecified atom stereocenters. The van der Waals surface area contributed by atoms with Gasteiger partial charge in [0, 0.05) is 5.02 Å². The van der Waals surface area contributed by atoms with Gasteiger partial charge < -0.3 is 9.84 Å². The van der Waals surface area contributed by atoms with Gasteiger partial charge in [0.05, 0.1) is 15.7 Å². The Bertz CT molecular complexity index is 1480. The van der Waals surface area contributed by atoms with Crippen LogP contribution < -0.4 is 15.0 Å². The van der Waals surface area contributed by atoms with Crippen LogP contribution in [-0.4, -0.2) is 28.9 Å². The van der Waals surface area contributed by atoms with Crippen LogP contribution in [0.5, 0.6) is 5.75 Å². The van der Waals surface area contributed by atoms with E-state index in [4.69, 9.17) is 21.4 Å². The van der Waals surface area contributed by atoms with Gasteiger partial charge in [-0.1, -0.05) is 29.8 Å². The number of anilines is 1. The average molecular weight is 596 g/mol. The smallest absolute Gasteiger partial charge is 0.335 e. The Morgan fingerprint density at radius 1 is 1.08 bits per heavy atom. The molecule has 0 atom stereocenters. The minimum Gasteiger partial charge on any atom is -0.487 e. The second kappa shape index (κ2) is 11.5. The van der Waals surface area contributed by atoms with Gasteiger partial charge >= 0.3 is 12.0 Å².